The summed E-state index contributed by atoms with van der Waals surface area (Å²) in [6, 6.07) is 10.8. The molecule has 1 unspecified atom stereocenters. The summed E-state index contributed by atoms with van der Waals surface area (Å²) in [5.74, 6) is 0.544. The molecule has 0 spiro atoms. The Kier molecular flexibility index (Phi) is 11.3. The highest BCUT2D eigenvalue weighted by atomic mass is 127. The van der Waals surface area contributed by atoms with Gasteiger partial charge in [0.15, 0.2) is 5.96 Å². The van der Waals surface area contributed by atoms with E-state index in [2.05, 4.69) is 67.6 Å². The van der Waals surface area contributed by atoms with E-state index in [1.165, 1.54) is 5.56 Å². The van der Waals surface area contributed by atoms with E-state index in [1.807, 2.05) is 6.07 Å². The lowest BCUT2D eigenvalue weighted by molar-refractivity contribution is 0.281. The van der Waals surface area contributed by atoms with Gasteiger partial charge < -0.3 is 16.4 Å². The SMILES string of the molecule is CCCNC(N)=NCC(CC)(CC)NC(C)c1ccccc1.I. The van der Waals surface area contributed by atoms with E-state index in [0.29, 0.717) is 18.5 Å². The van der Waals surface area contributed by atoms with Crippen molar-refractivity contribution in [2.24, 2.45) is 10.7 Å². The molecule has 132 valence electrons. The van der Waals surface area contributed by atoms with Crippen molar-refractivity contribution < 1.29 is 0 Å². The quantitative estimate of drug-likeness (QED) is 0.316. The number of benzene rings is 1. The summed E-state index contributed by atoms with van der Waals surface area (Å²) in [6.45, 7) is 10.3. The van der Waals surface area contributed by atoms with Crippen LogP contribution in [0.25, 0.3) is 0 Å². The summed E-state index contributed by atoms with van der Waals surface area (Å²) < 4.78 is 0. The Labute approximate surface area is 158 Å². The average Bonchev–Trinajstić information content (AvgIpc) is 2.57. The first kappa shape index (κ1) is 22.2. The maximum Gasteiger partial charge on any atom is 0.188 e. The minimum atomic E-state index is -0.0201. The molecule has 0 saturated heterocycles. The van der Waals surface area contributed by atoms with Gasteiger partial charge in [0.05, 0.1) is 6.54 Å². The number of nitrogens with one attached hydrogen (secondary N) is 2. The number of hydrogen-bond donors (Lipinski definition) is 3. The van der Waals surface area contributed by atoms with Gasteiger partial charge in [0.1, 0.15) is 0 Å². The first-order valence-electron chi connectivity index (χ1n) is 8.43. The van der Waals surface area contributed by atoms with Gasteiger partial charge in [0, 0.05) is 18.1 Å². The van der Waals surface area contributed by atoms with E-state index < -0.39 is 0 Å². The summed E-state index contributed by atoms with van der Waals surface area (Å²) in [4.78, 5) is 4.54. The number of aliphatic imine (C=N–C) groups is 1. The van der Waals surface area contributed by atoms with Gasteiger partial charge in [-0.3, -0.25) is 4.99 Å². The number of nitrogens with zero attached hydrogens (tertiary/aromatic N) is 1. The van der Waals surface area contributed by atoms with E-state index >= 15 is 0 Å². The van der Waals surface area contributed by atoms with Crippen LogP contribution in [-0.2, 0) is 0 Å². The largest absolute Gasteiger partial charge is 0.370 e. The van der Waals surface area contributed by atoms with E-state index in [4.69, 9.17) is 5.73 Å². The zero-order valence-electron chi connectivity index (χ0n) is 14.9. The predicted molar refractivity (Wildman–Crippen MR) is 112 cm³/mol. The maximum absolute atomic E-state index is 5.93. The molecular weight excluding hydrogens is 399 g/mol. The van der Waals surface area contributed by atoms with Crippen LogP contribution in [0.4, 0.5) is 0 Å². The highest BCUT2D eigenvalue weighted by Crippen LogP contribution is 2.22. The van der Waals surface area contributed by atoms with E-state index in [0.717, 1.165) is 25.8 Å². The number of guanidine groups is 1. The zero-order valence-corrected chi connectivity index (χ0v) is 17.3. The normalized spacial score (nSPS) is 13.3. The third kappa shape index (κ3) is 7.52. The molecule has 1 aromatic carbocycles. The molecule has 0 bridgehead atoms. The van der Waals surface area contributed by atoms with Crippen LogP contribution >= 0.6 is 24.0 Å². The molecule has 4 nitrogen and oxygen atoms in total. The van der Waals surface area contributed by atoms with Gasteiger partial charge in [-0.1, -0.05) is 51.1 Å². The molecule has 4 N–H and O–H groups in total. The van der Waals surface area contributed by atoms with Crippen molar-refractivity contribution in [2.45, 2.75) is 58.5 Å². The van der Waals surface area contributed by atoms with Crippen molar-refractivity contribution in [1.29, 1.82) is 0 Å². The third-order valence-corrected chi connectivity index (χ3v) is 4.28. The standard InChI is InChI=1S/C18H32N4.HI/c1-5-13-20-17(19)21-14-18(6-2,7-3)22-15(4)16-11-9-8-10-12-16;/h8-12,15,22H,5-7,13-14H2,1-4H3,(H3,19,20,21);1H. The first-order valence-corrected chi connectivity index (χ1v) is 8.43. The summed E-state index contributed by atoms with van der Waals surface area (Å²) in [5, 5.41) is 6.91. The molecule has 0 aromatic heterocycles. The predicted octanol–water partition coefficient (Wildman–Crippen LogP) is 3.83. The summed E-state index contributed by atoms with van der Waals surface area (Å²) in [5.41, 5.74) is 7.21. The van der Waals surface area contributed by atoms with E-state index in [-0.39, 0.29) is 29.5 Å². The lowest BCUT2D eigenvalue weighted by atomic mass is 9.91. The van der Waals surface area contributed by atoms with Crippen molar-refractivity contribution in [3.05, 3.63) is 35.9 Å². The van der Waals surface area contributed by atoms with Crippen LogP contribution in [0, 0.1) is 0 Å². The molecule has 1 aromatic rings. The Bertz CT molecular complexity index is 444. The molecule has 0 aliphatic carbocycles. The second kappa shape index (κ2) is 11.7. The van der Waals surface area contributed by atoms with Crippen molar-refractivity contribution >= 4 is 29.9 Å². The Hall–Kier alpha value is -0.820. The van der Waals surface area contributed by atoms with Crippen LogP contribution in [0.5, 0.6) is 0 Å². The van der Waals surface area contributed by atoms with E-state index in [9.17, 15) is 0 Å². The van der Waals surface area contributed by atoms with Gasteiger partial charge in [0.25, 0.3) is 0 Å². The Balaban J connectivity index is 0.00000484. The van der Waals surface area contributed by atoms with Crippen molar-refractivity contribution in [3.63, 3.8) is 0 Å². The molecule has 1 atom stereocenters. The lowest BCUT2D eigenvalue weighted by Crippen LogP contribution is -2.49. The van der Waals surface area contributed by atoms with Gasteiger partial charge in [0.2, 0.25) is 0 Å². The molecule has 0 saturated carbocycles. The lowest BCUT2D eigenvalue weighted by Gasteiger charge is -2.35. The number of rotatable bonds is 9. The molecule has 23 heavy (non-hydrogen) atoms. The van der Waals surface area contributed by atoms with Crippen LogP contribution in [0.1, 0.15) is 58.6 Å². The topological polar surface area (TPSA) is 62.4 Å². The third-order valence-electron chi connectivity index (χ3n) is 4.28. The minimum Gasteiger partial charge on any atom is -0.370 e. The fraction of sp³-hybridized carbons (Fsp3) is 0.611. The van der Waals surface area contributed by atoms with Crippen LogP contribution in [-0.4, -0.2) is 24.6 Å². The van der Waals surface area contributed by atoms with Crippen LogP contribution in [0.15, 0.2) is 35.3 Å². The molecule has 0 heterocycles. The number of halogens is 1. The van der Waals surface area contributed by atoms with Crippen molar-refractivity contribution in [2.75, 3.05) is 13.1 Å². The zero-order chi connectivity index (χ0) is 16.4. The van der Waals surface area contributed by atoms with E-state index in [1.54, 1.807) is 0 Å². The monoisotopic (exact) mass is 432 g/mol. The Morgan fingerprint density at radius 3 is 2.30 bits per heavy atom. The molecule has 0 radical (unpaired) electrons. The number of hydrogen-bond acceptors (Lipinski definition) is 2. The molecule has 1 rings (SSSR count). The van der Waals surface area contributed by atoms with Gasteiger partial charge in [-0.25, -0.2) is 0 Å². The Morgan fingerprint density at radius 2 is 1.78 bits per heavy atom. The maximum atomic E-state index is 5.93. The number of nitrogens with two attached hydrogens (primary N) is 1. The second-order valence-electron chi connectivity index (χ2n) is 5.89. The second-order valence-corrected chi connectivity index (χ2v) is 5.89. The summed E-state index contributed by atoms with van der Waals surface area (Å²) in [6.07, 6.45) is 3.09. The van der Waals surface area contributed by atoms with Gasteiger partial charge >= 0.3 is 0 Å². The fourth-order valence-electron chi connectivity index (χ4n) is 2.55. The summed E-state index contributed by atoms with van der Waals surface area (Å²) >= 11 is 0. The van der Waals surface area contributed by atoms with Crippen molar-refractivity contribution in [1.82, 2.24) is 10.6 Å². The average molecular weight is 432 g/mol. The van der Waals surface area contributed by atoms with Crippen LogP contribution in [0.3, 0.4) is 0 Å². The Morgan fingerprint density at radius 1 is 1.17 bits per heavy atom. The minimum absolute atomic E-state index is 0. The smallest absolute Gasteiger partial charge is 0.188 e. The molecule has 0 amide bonds. The fourth-order valence-corrected chi connectivity index (χ4v) is 2.55. The molecular formula is C18H33IN4. The molecule has 0 aliphatic rings. The molecule has 0 aliphatic heterocycles. The van der Waals surface area contributed by atoms with Gasteiger partial charge in [-0.2, -0.15) is 0 Å². The first-order chi connectivity index (χ1) is 10.6. The highest BCUT2D eigenvalue weighted by molar-refractivity contribution is 14.0. The van der Waals surface area contributed by atoms with Gasteiger partial charge in [-0.05, 0) is 31.7 Å². The van der Waals surface area contributed by atoms with Crippen molar-refractivity contribution in [3.8, 4) is 0 Å². The molecule has 5 heteroatoms. The summed E-state index contributed by atoms with van der Waals surface area (Å²) in [7, 11) is 0. The molecule has 0 fully saturated rings. The van der Waals surface area contributed by atoms with Crippen LogP contribution in [0.2, 0.25) is 0 Å². The highest BCUT2D eigenvalue weighted by Gasteiger charge is 2.27. The van der Waals surface area contributed by atoms with Gasteiger partial charge in [-0.15, -0.1) is 24.0 Å². The van der Waals surface area contributed by atoms with Crippen LogP contribution < -0.4 is 16.4 Å².